The Morgan fingerprint density at radius 1 is 1.19 bits per heavy atom. The van der Waals surface area contributed by atoms with Crippen LogP contribution in [0.4, 0.5) is 9.18 Å². The first-order valence-corrected chi connectivity index (χ1v) is 8.90. The zero-order valence-corrected chi connectivity index (χ0v) is 16.0. The number of hydrogen-bond acceptors (Lipinski definition) is 4. The molecule has 0 aliphatic carbocycles. The molecule has 0 atom stereocenters. The van der Waals surface area contributed by atoms with Crippen LogP contribution >= 0.6 is 0 Å². The van der Waals surface area contributed by atoms with Gasteiger partial charge in [0.25, 0.3) is 5.91 Å². The van der Waals surface area contributed by atoms with Crippen LogP contribution in [0.15, 0.2) is 18.2 Å². The van der Waals surface area contributed by atoms with E-state index in [-0.39, 0.29) is 17.8 Å². The number of amides is 2. The number of hydrogen-bond donors (Lipinski definition) is 1. The molecule has 1 aliphatic heterocycles. The summed E-state index contributed by atoms with van der Waals surface area (Å²) in [5.41, 5.74) is 0.348. The van der Waals surface area contributed by atoms with Crippen molar-refractivity contribution >= 4 is 12.0 Å². The lowest BCUT2D eigenvalue weighted by molar-refractivity contribution is 0.0147. The van der Waals surface area contributed by atoms with Crippen LogP contribution in [-0.2, 0) is 4.74 Å². The highest BCUT2D eigenvalue weighted by Crippen LogP contribution is 2.12. The van der Waals surface area contributed by atoms with E-state index in [0.717, 1.165) is 13.1 Å². The van der Waals surface area contributed by atoms with Crippen molar-refractivity contribution in [2.75, 3.05) is 39.3 Å². The number of rotatable bonds is 4. The third-order valence-corrected chi connectivity index (χ3v) is 4.17. The smallest absolute Gasteiger partial charge is 0.410 e. The molecule has 0 bridgehead atoms. The fraction of sp³-hybridized carbons (Fsp3) is 0.579. The van der Waals surface area contributed by atoms with E-state index in [9.17, 15) is 14.0 Å². The highest BCUT2D eigenvalue weighted by Gasteiger charge is 2.25. The van der Waals surface area contributed by atoms with Gasteiger partial charge in [0.1, 0.15) is 11.4 Å². The number of nitrogens with zero attached hydrogens (tertiary/aromatic N) is 2. The van der Waals surface area contributed by atoms with Crippen LogP contribution in [0.1, 0.15) is 36.7 Å². The third kappa shape index (κ3) is 5.98. The molecule has 2 rings (SSSR count). The summed E-state index contributed by atoms with van der Waals surface area (Å²) in [5.74, 6) is -0.660. The number of halogens is 1. The van der Waals surface area contributed by atoms with Crippen LogP contribution in [0.5, 0.6) is 0 Å². The first kappa shape index (κ1) is 20.2. The molecular weight excluding hydrogens is 337 g/mol. The molecular formula is C19H28FN3O3. The van der Waals surface area contributed by atoms with Crippen LogP contribution in [0.25, 0.3) is 0 Å². The first-order chi connectivity index (χ1) is 12.2. The summed E-state index contributed by atoms with van der Waals surface area (Å²) in [4.78, 5) is 28.0. The number of benzene rings is 1. The van der Waals surface area contributed by atoms with Gasteiger partial charge in [0.05, 0.1) is 0 Å². The highest BCUT2D eigenvalue weighted by molar-refractivity contribution is 5.94. The minimum Gasteiger partial charge on any atom is -0.444 e. The molecule has 7 heteroatoms. The minimum atomic E-state index is -0.492. The van der Waals surface area contributed by atoms with E-state index in [1.54, 1.807) is 24.0 Å². The summed E-state index contributed by atoms with van der Waals surface area (Å²) in [6.45, 7) is 11.0. The maximum atomic E-state index is 13.5. The molecule has 2 amide bonds. The predicted molar refractivity (Wildman–Crippen MR) is 97.7 cm³/mol. The third-order valence-electron chi connectivity index (χ3n) is 4.17. The molecule has 0 aromatic heterocycles. The van der Waals surface area contributed by atoms with Crippen molar-refractivity contribution in [3.05, 3.63) is 35.1 Å². The van der Waals surface area contributed by atoms with Crippen LogP contribution in [0.3, 0.4) is 0 Å². The number of carbonyl (C=O) groups excluding carboxylic acids is 2. The maximum absolute atomic E-state index is 13.5. The lowest BCUT2D eigenvalue weighted by atomic mass is 10.1. The standard InChI is InChI=1S/C19H28FN3O3/c1-14-5-6-15(13-16(14)20)17(24)21-7-8-22-9-11-23(12-10-22)18(25)26-19(2,3)4/h5-6,13H,7-12H2,1-4H3,(H,21,24). The van der Waals surface area contributed by atoms with Gasteiger partial charge in [0.2, 0.25) is 0 Å². The van der Waals surface area contributed by atoms with E-state index in [0.29, 0.717) is 37.3 Å². The monoisotopic (exact) mass is 365 g/mol. The Kier molecular flexibility index (Phi) is 6.58. The van der Waals surface area contributed by atoms with Gasteiger partial charge in [-0.3, -0.25) is 9.69 Å². The summed E-state index contributed by atoms with van der Waals surface area (Å²) in [6.07, 6.45) is -0.285. The molecule has 0 radical (unpaired) electrons. The van der Waals surface area contributed by atoms with Crippen LogP contribution in [0.2, 0.25) is 0 Å². The Balaban J connectivity index is 1.71. The van der Waals surface area contributed by atoms with E-state index in [1.165, 1.54) is 6.07 Å². The summed E-state index contributed by atoms with van der Waals surface area (Å²) < 4.78 is 18.9. The Hall–Kier alpha value is -2.15. The van der Waals surface area contributed by atoms with Crippen LogP contribution < -0.4 is 5.32 Å². The van der Waals surface area contributed by atoms with Crippen molar-refractivity contribution < 1.29 is 18.7 Å². The Labute approximate surface area is 154 Å². The molecule has 0 saturated carbocycles. The highest BCUT2D eigenvalue weighted by atomic mass is 19.1. The second-order valence-corrected chi connectivity index (χ2v) is 7.53. The van der Waals surface area contributed by atoms with Crippen molar-refractivity contribution in [3.8, 4) is 0 Å². The number of ether oxygens (including phenoxy) is 1. The molecule has 0 unspecified atom stereocenters. The predicted octanol–water partition coefficient (Wildman–Crippen LogP) is 2.42. The number of nitrogens with one attached hydrogen (secondary N) is 1. The van der Waals surface area contributed by atoms with Gasteiger partial charge < -0.3 is 15.0 Å². The average Bonchev–Trinajstić information content (AvgIpc) is 2.56. The van der Waals surface area contributed by atoms with Gasteiger partial charge in [-0.15, -0.1) is 0 Å². The number of aryl methyl sites for hydroxylation is 1. The Bertz CT molecular complexity index is 650. The summed E-state index contributed by atoms with van der Waals surface area (Å²) in [7, 11) is 0. The topological polar surface area (TPSA) is 61.9 Å². The van der Waals surface area contributed by atoms with E-state index >= 15 is 0 Å². The van der Waals surface area contributed by atoms with Gasteiger partial charge in [0, 0.05) is 44.8 Å². The van der Waals surface area contributed by atoms with Crippen molar-refractivity contribution in [1.82, 2.24) is 15.1 Å². The molecule has 1 N–H and O–H groups in total. The Morgan fingerprint density at radius 2 is 1.85 bits per heavy atom. The van der Waals surface area contributed by atoms with E-state index in [4.69, 9.17) is 4.74 Å². The zero-order chi connectivity index (χ0) is 19.3. The van der Waals surface area contributed by atoms with Crippen molar-refractivity contribution in [2.45, 2.75) is 33.3 Å². The Morgan fingerprint density at radius 3 is 2.42 bits per heavy atom. The van der Waals surface area contributed by atoms with Gasteiger partial charge in [-0.2, -0.15) is 0 Å². The first-order valence-electron chi connectivity index (χ1n) is 8.90. The summed E-state index contributed by atoms with van der Waals surface area (Å²) in [6, 6.07) is 4.47. The summed E-state index contributed by atoms with van der Waals surface area (Å²) >= 11 is 0. The average molecular weight is 365 g/mol. The lowest BCUT2D eigenvalue weighted by Crippen LogP contribution is -2.51. The molecule has 144 valence electrons. The van der Waals surface area contributed by atoms with E-state index in [2.05, 4.69) is 10.2 Å². The van der Waals surface area contributed by atoms with Gasteiger partial charge >= 0.3 is 6.09 Å². The molecule has 0 spiro atoms. The molecule has 1 aromatic carbocycles. The van der Waals surface area contributed by atoms with Crippen molar-refractivity contribution in [2.24, 2.45) is 0 Å². The lowest BCUT2D eigenvalue weighted by Gasteiger charge is -2.35. The molecule has 6 nitrogen and oxygen atoms in total. The zero-order valence-electron chi connectivity index (χ0n) is 16.0. The molecule has 1 fully saturated rings. The van der Waals surface area contributed by atoms with Gasteiger partial charge in [0.15, 0.2) is 0 Å². The van der Waals surface area contributed by atoms with Crippen LogP contribution in [0, 0.1) is 12.7 Å². The molecule has 1 aromatic rings. The van der Waals surface area contributed by atoms with Gasteiger partial charge in [-0.25, -0.2) is 9.18 Å². The maximum Gasteiger partial charge on any atom is 0.410 e. The quantitative estimate of drug-likeness (QED) is 0.890. The normalized spacial score (nSPS) is 15.7. The van der Waals surface area contributed by atoms with Crippen molar-refractivity contribution in [3.63, 3.8) is 0 Å². The van der Waals surface area contributed by atoms with Gasteiger partial charge in [-0.05, 0) is 45.4 Å². The minimum absolute atomic E-state index is 0.281. The van der Waals surface area contributed by atoms with Crippen LogP contribution in [-0.4, -0.2) is 66.7 Å². The fourth-order valence-corrected chi connectivity index (χ4v) is 2.64. The molecule has 1 heterocycles. The van der Waals surface area contributed by atoms with E-state index < -0.39 is 5.60 Å². The largest absolute Gasteiger partial charge is 0.444 e. The molecule has 26 heavy (non-hydrogen) atoms. The number of carbonyl (C=O) groups is 2. The fourth-order valence-electron chi connectivity index (χ4n) is 2.64. The molecule has 1 aliphatic rings. The van der Waals surface area contributed by atoms with E-state index in [1.807, 2.05) is 20.8 Å². The second-order valence-electron chi connectivity index (χ2n) is 7.53. The molecule has 1 saturated heterocycles. The number of piperazine rings is 1. The van der Waals surface area contributed by atoms with Crippen molar-refractivity contribution in [1.29, 1.82) is 0 Å². The second kappa shape index (κ2) is 8.49. The summed E-state index contributed by atoms with van der Waals surface area (Å²) in [5, 5.41) is 2.81. The van der Waals surface area contributed by atoms with Gasteiger partial charge in [-0.1, -0.05) is 6.07 Å². The SMILES string of the molecule is Cc1ccc(C(=O)NCCN2CCN(C(=O)OC(C)(C)C)CC2)cc1F.